The molecule has 0 radical (unpaired) electrons. The van der Waals surface area contributed by atoms with Crippen molar-refractivity contribution in [3.63, 3.8) is 0 Å². The van der Waals surface area contributed by atoms with Gasteiger partial charge < -0.3 is 15.5 Å². The van der Waals surface area contributed by atoms with Gasteiger partial charge in [0.1, 0.15) is 0 Å². The number of piperidine rings is 1. The van der Waals surface area contributed by atoms with E-state index in [1.165, 1.54) is 19.2 Å². The molecule has 2 amide bonds. The van der Waals surface area contributed by atoms with Crippen LogP contribution in [0.2, 0.25) is 0 Å². The highest BCUT2D eigenvalue weighted by Crippen LogP contribution is 2.45. The molecule has 2 aromatic carbocycles. The zero-order chi connectivity index (χ0) is 25.5. The van der Waals surface area contributed by atoms with Crippen molar-refractivity contribution in [2.75, 3.05) is 20.1 Å². The molecular weight excluding hydrogens is 476 g/mol. The highest BCUT2D eigenvalue weighted by molar-refractivity contribution is 6.01. The molecule has 4 rings (SSSR count). The average molecular weight is 499 g/mol. The van der Waals surface area contributed by atoms with Gasteiger partial charge in [0.25, 0.3) is 5.91 Å². The maximum atomic E-state index is 13.5. The molecule has 188 valence electrons. The van der Waals surface area contributed by atoms with Gasteiger partial charge in [-0.05, 0) is 61.3 Å². The van der Waals surface area contributed by atoms with Crippen molar-refractivity contribution in [2.24, 2.45) is 0 Å². The molecule has 2 unspecified atom stereocenters. The second kappa shape index (κ2) is 9.18. The lowest BCUT2D eigenvalue weighted by atomic mass is 9.78. The van der Waals surface area contributed by atoms with Crippen LogP contribution < -0.4 is 10.6 Å². The molecule has 35 heavy (non-hydrogen) atoms. The number of nitrogens with zero attached hydrogens (tertiary/aromatic N) is 1. The normalized spacial score (nSPS) is 21.6. The van der Waals surface area contributed by atoms with Crippen LogP contribution in [-0.4, -0.2) is 42.9 Å². The van der Waals surface area contributed by atoms with E-state index in [9.17, 15) is 35.9 Å². The highest BCUT2D eigenvalue weighted by atomic mass is 19.4. The number of nitrogens with one attached hydrogen (secondary N) is 2. The monoisotopic (exact) mass is 499 g/mol. The molecule has 2 N–H and O–H groups in total. The molecule has 5 nitrogen and oxygen atoms in total. The van der Waals surface area contributed by atoms with Crippen LogP contribution in [0.5, 0.6) is 0 Å². The zero-order valence-electron chi connectivity index (χ0n) is 18.6. The predicted molar refractivity (Wildman–Crippen MR) is 114 cm³/mol. The van der Waals surface area contributed by atoms with Gasteiger partial charge in [0.05, 0.1) is 23.1 Å². The van der Waals surface area contributed by atoms with E-state index >= 15 is 0 Å². The molecule has 0 aromatic heterocycles. The van der Waals surface area contributed by atoms with Crippen LogP contribution in [0.15, 0.2) is 42.5 Å². The number of carbonyl (C=O) groups excluding carboxylic acids is 2. The minimum atomic E-state index is -5.06. The Balaban J connectivity index is 1.86. The minimum Gasteiger partial charge on any atom is -0.353 e. The summed E-state index contributed by atoms with van der Waals surface area (Å²) >= 11 is 0. The Labute approximate surface area is 197 Å². The molecular formula is C24H23F6N3O2. The number of likely N-dealkylation sites (N-methyl/N-ethyl adjacent to an activating group) is 1. The molecule has 0 spiro atoms. The summed E-state index contributed by atoms with van der Waals surface area (Å²) in [5.74, 6) is -2.35. The lowest BCUT2D eigenvalue weighted by Gasteiger charge is -2.40. The minimum absolute atomic E-state index is 0.0339. The summed E-state index contributed by atoms with van der Waals surface area (Å²) in [5, 5.41) is 6.05. The number of hydrogen-bond donors (Lipinski definition) is 2. The number of halogens is 6. The first kappa shape index (κ1) is 25.0. The summed E-state index contributed by atoms with van der Waals surface area (Å²) < 4.78 is 81.3. The summed E-state index contributed by atoms with van der Waals surface area (Å²) in [6.45, 7) is 1.33. The van der Waals surface area contributed by atoms with Gasteiger partial charge in [-0.25, -0.2) is 0 Å². The number of carbonyl (C=O) groups is 2. The molecule has 2 aliphatic rings. The van der Waals surface area contributed by atoms with Crippen LogP contribution in [0.1, 0.15) is 57.4 Å². The summed E-state index contributed by atoms with van der Waals surface area (Å²) in [7, 11) is 1.28. The molecule has 2 atom stereocenters. The van der Waals surface area contributed by atoms with Crippen LogP contribution in [0.25, 0.3) is 0 Å². The van der Waals surface area contributed by atoms with E-state index in [0.29, 0.717) is 38.1 Å². The quantitative estimate of drug-likeness (QED) is 0.612. The van der Waals surface area contributed by atoms with Crippen LogP contribution in [0, 0.1) is 0 Å². The maximum absolute atomic E-state index is 13.5. The first-order chi connectivity index (χ1) is 16.4. The topological polar surface area (TPSA) is 61.4 Å². The molecule has 1 saturated heterocycles. The molecule has 0 saturated carbocycles. The molecule has 2 aromatic rings. The summed E-state index contributed by atoms with van der Waals surface area (Å²) in [6.07, 6.45) is -8.86. The fourth-order valence-corrected chi connectivity index (χ4v) is 4.78. The van der Waals surface area contributed by atoms with Gasteiger partial charge in [-0.2, -0.15) is 26.3 Å². The Kier molecular flexibility index (Phi) is 6.56. The SMILES string of the molecule is CN1C(=O)c2ccccc2C(C(=O)NC2CCNCC2)C1c1cc(C(F)(F)F)cc(C(F)(F)F)c1. The van der Waals surface area contributed by atoms with Gasteiger partial charge >= 0.3 is 12.4 Å². The zero-order valence-corrected chi connectivity index (χ0v) is 18.6. The van der Waals surface area contributed by atoms with Crippen LogP contribution in [0.4, 0.5) is 26.3 Å². The van der Waals surface area contributed by atoms with Crippen molar-refractivity contribution < 1.29 is 35.9 Å². The lowest BCUT2D eigenvalue weighted by molar-refractivity contribution is -0.143. The van der Waals surface area contributed by atoms with Gasteiger partial charge in [-0.1, -0.05) is 18.2 Å². The number of alkyl halides is 6. The van der Waals surface area contributed by atoms with Crippen LogP contribution in [-0.2, 0) is 17.1 Å². The van der Waals surface area contributed by atoms with E-state index in [-0.39, 0.29) is 23.2 Å². The number of amides is 2. The molecule has 2 heterocycles. The fraction of sp³-hybridized carbons (Fsp3) is 0.417. The van der Waals surface area contributed by atoms with Crippen molar-refractivity contribution in [3.05, 3.63) is 70.3 Å². The van der Waals surface area contributed by atoms with Crippen molar-refractivity contribution in [1.82, 2.24) is 15.5 Å². The van der Waals surface area contributed by atoms with Crippen molar-refractivity contribution in [2.45, 2.75) is 43.2 Å². The van der Waals surface area contributed by atoms with Crippen molar-refractivity contribution in [3.8, 4) is 0 Å². The van der Waals surface area contributed by atoms with E-state index in [4.69, 9.17) is 0 Å². The highest BCUT2D eigenvalue weighted by Gasteiger charge is 2.45. The summed E-state index contributed by atoms with van der Waals surface area (Å²) in [6, 6.07) is 5.79. The second-order valence-corrected chi connectivity index (χ2v) is 8.80. The number of rotatable bonds is 3. The first-order valence-electron chi connectivity index (χ1n) is 11.0. The van der Waals surface area contributed by atoms with E-state index in [2.05, 4.69) is 10.6 Å². The van der Waals surface area contributed by atoms with Crippen molar-refractivity contribution in [1.29, 1.82) is 0 Å². The van der Waals surface area contributed by atoms with E-state index < -0.39 is 52.8 Å². The van der Waals surface area contributed by atoms with Crippen LogP contribution >= 0.6 is 0 Å². The largest absolute Gasteiger partial charge is 0.416 e. The van der Waals surface area contributed by atoms with Gasteiger partial charge in [0, 0.05) is 18.7 Å². The number of fused-ring (bicyclic) bond motifs is 1. The van der Waals surface area contributed by atoms with Crippen LogP contribution in [0.3, 0.4) is 0 Å². The predicted octanol–water partition coefficient (Wildman–Crippen LogP) is 4.50. The number of hydrogen-bond acceptors (Lipinski definition) is 3. The Morgan fingerprint density at radius 3 is 2.11 bits per heavy atom. The molecule has 1 fully saturated rings. The van der Waals surface area contributed by atoms with E-state index in [1.54, 1.807) is 12.1 Å². The Bertz CT molecular complexity index is 1090. The van der Waals surface area contributed by atoms with Gasteiger partial charge in [0.15, 0.2) is 0 Å². The van der Waals surface area contributed by atoms with Crippen molar-refractivity contribution >= 4 is 11.8 Å². The lowest BCUT2D eigenvalue weighted by Crippen LogP contribution is -2.49. The third-order valence-electron chi connectivity index (χ3n) is 6.50. The first-order valence-corrected chi connectivity index (χ1v) is 11.0. The van der Waals surface area contributed by atoms with Gasteiger partial charge in [-0.15, -0.1) is 0 Å². The molecule has 11 heteroatoms. The van der Waals surface area contributed by atoms with Gasteiger partial charge in [-0.3, -0.25) is 9.59 Å². The second-order valence-electron chi connectivity index (χ2n) is 8.80. The van der Waals surface area contributed by atoms with E-state index in [1.807, 2.05) is 0 Å². The fourth-order valence-electron chi connectivity index (χ4n) is 4.78. The third kappa shape index (κ3) is 5.00. The molecule has 0 bridgehead atoms. The molecule has 0 aliphatic carbocycles. The Hall–Kier alpha value is -3.08. The third-order valence-corrected chi connectivity index (χ3v) is 6.50. The summed E-state index contributed by atoms with van der Waals surface area (Å²) in [5.41, 5.74) is -2.97. The average Bonchev–Trinajstić information content (AvgIpc) is 2.80. The Morgan fingerprint density at radius 1 is 0.971 bits per heavy atom. The number of benzene rings is 2. The smallest absolute Gasteiger partial charge is 0.353 e. The Morgan fingerprint density at radius 2 is 1.54 bits per heavy atom. The molecule has 2 aliphatic heterocycles. The maximum Gasteiger partial charge on any atom is 0.416 e. The summed E-state index contributed by atoms with van der Waals surface area (Å²) in [4.78, 5) is 27.6. The van der Waals surface area contributed by atoms with Gasteiger partial charge in [0.2, 0.25) is 5.91 Å². The van der Waals surface area contributed by atoms with E-state index in [0.717, 1.165) is 4.90 Å². The standard InChI is InChI=1S/C24H23F6N3O2/c1-33-20(13-10-14(23(25,26)27)12-15(11-13)24(28,29)30)19(17-4-2-3-5-18(17)22(33)35)21(34)32-16-6-8-31-9-7-16/h2-5,10-12,16,19-20,31H,6-9H2,1H3,(H,32,34).